The van der Waals surface area contributed by atoms with Crippen LogP contribution in [0.3, 0.4) is 0 Å². The number of carbonyl (C=O) groups is 1. The molecule has 0 atom stereocenters. The van der Waals surface area contributed by atoms with E-state index >= 15 is 0 Å². The van der Waals surface area contributed by atoms with Crippen molar-refractivity contribution in [2.45, 2.75) is 17.7 Å². The maximum absolute atomic E-state index is 12.9. The summed E-state index contributed by atoms with van der Waals surface area (Å²) in [5.74, 6) is 0.439. The van der Waals surface area contributed by atoms with Gasteiger partial charge >= 0.3 is 6.18 Å². The zero-order chi connectivity index (χ0) is 27.9. The smallest absolute Gasteiger partial charge is 0.416 e. The maximum Gasteiger partial charge on any atom is 0.416 e. The molecule has 0 saturated heterocycles. The number of amides is 1. The fourth-order valence-electron chi connectivity index (χ4n) is 3.41. The summed E-state index contributed by atoms with van der Waals surface area (Å²) in [5, 5.41) is 2.69. The van der Waals surface area contributed by atoms with Gasteiger partial charge in [0.25, 0.3) is 15.9 Å². The standard InChI is InChI=1S/C28H23F3N2O5S/c29-28(30,31)21-7-4-8-23(17-21)33-39(35,36)26-15-13-25(14-16-26)38-19-27(34)32-22-9-11-24(12-10-22)37-18-20-5-2-1-3-6-20/h1-17,33H,18-19H2,(H,32,34). The molecular weight excluding hydrogens is 533 g/mol. The monoisotopic (exact) mass is 556 g/mol. The Morgan fingerprint density at radius 3 is 2.05 bits per heavy atom. The number of carbonyl (C=O) groups excluding carboxylic acids is 1. The highest BCUT2D eigenvalue weighted by Crippen LogP contribution is 2.31. The van der Waals surface area contributed by atoms with Crippen LogP contribution in [0.2, 0.25) is 0 Å². The van der Waals surface area contributed by atoms with Crippen molar-refractivity contribution in [2.75, 3.05) is 16.6 Å². The highest BCUT2D eigenvalue weighted by Gasteiger charge is 2.30. The van der Waals surface area contributed by atoms with Crippen LogP contribution in [-0.2, 0) is 27.6 Å². The third-order valence-corrected chi connectivity index (χ3v) is 6.73. The molecule has 0 aliphatic heterocycles. The van der Waals surface area contributed by atoms with Crippen LogP contribution in [0.25, 0.3) is 0 Å². The Morgan fingerprint density at radius 1 is 0.744 bits per heavy atom. The van der Waals surface area contributed by atoms with E-state index in [1.807, 2.05) is 30.3 Å². The van der Waals surface area contributed by atoms with Crippen molar-refractivity contribution in [3.8, 4) is 11.5 Å². The van der Waals surface area contributed by atoms with Crippen molar-refractivity contribution in [1.29, 1.82) is 0 Å². The van der Waals surface area contributed by atoms with Gasteiger partial charge in [-0.15, -0.1) is 0 Å². The molecule has 0 spiro atoms. The number of ether oxygens (including phenoxy) is 2. The van der Waals surface area contributed by atoms with E-state index in [2.05, 4.69) is 10.0 Å². The zero-order valence-corrected chi connectivity index (χ0v) is 21.1. The summed E-state index contributed by atoms with van der Waals surface area (Å²) in [6, 6.07) is 25.5. The Kier molecular flexibility index (Phi) is 8.40. The van der Waals surface area contributed by atoms with Gasteiger partial charge in [-0.25, -0.2) is 8.42 Å². The molecule has 202 valence electrons. The van der Waals surface area contributed by atoms with Gasteiger partial charge in [-0.3, -0.25) is 9.52 Å². The van der Waals surface area contributed by atoms with E-state index in [0.29, 0.717) is 24.1 Å². The van der Waals surface area contributed by atoms with Gasteiger partial charge in [0, 0.05) is 11.4 Å². The molecule has 4 aromatic carbocycles. The Bertz CT molecular complexity index is 1510. The number of halogens is 3. The SMILES string of the molecule is O=C(COc1ccc(S(=O)(=O)Nc2cccc(C(F)(F)F)c2)cc1)Nc1ccc(OCc2ccccc2)cc1. The summed E-state index contributed by atoms with van der Waals surface area (Å²) in [7, 11) is -4.15. The summed E-state index contributed by atoms with van der Waals surface area (Å²) < 4.78 is 77.1. The molecule has 0 bridgehead atoms. The van der Waals surface area contributed by atoms with Crippen molar-refractivity contribution >= 4 is 27.3 Å². The first kappa shape index (κ1) is 27.5. The fourth-order valence-corrected chi connectivity index (χ4v) is 4.46. The van der Waals surface area contributed by atoms with Gasteiger partial charge in [0.1, 0.15) is 18.1 Å². The van der Waals surface area contributed by atoms with Crippen LogP contribution < -0.4 is 19.5 Å². The summed E-state index contributed by atoms with van der Waals surface area (Å²) in [4.78, 5) is 12.1. The minimum Gasteiger partial charge on any atom is -0.489 e. The van der Waals surface area contributed by atoms with Gasteiger partial charge in [0.15, 0.2) is 6.61 Å². The molecule has 0 heterocycles. The van der Waals surface area contributed by atoms with Gasteiger partial charge < -0.3 is 14.8 Å². The molecule has 0 fully saturated rings. The summed E-state index contributed by atoms with van der Waals surface area (Å²) in [5.41, 5.74) is 0.372. The van der Waals surface area contributed by atoms with E-state index in [-0.39, 0.29) is 22.9 Å². The van der Waals surface area contributed by atoms with Crippen molar-refractivity contribution < 1.29 is 35.9 Å². The van der Waals surface area contributed by atoms with Gasteiger partial charge in [-0.1, -0.05) is 36.4 Å². The minimum atomic E-state index is -4.60. The third kappa shape index (κ3) is 7.99. The first-order valence-electron chi connectivity index (χ1n) is 11.6. The van der Waals surface area contributed by atoms with E-state index in [1.54, 1.807) is 24.3 Å². The number of sulfonamides is 1. The number of nitrogens with one attached hydrogen (secondary N) is 2. The van der Waals surface area contributed by atoms with Crippen molar-refractivity contribution in [3.63, 3.8) is 0 Å². The molecule has 0 aliphatic carbocycles. The lowest BCUT2D eigenvalue weighted by molar-refractivity contribution is -0.137. The van der Waals surface area contributed by atoms with Crippen molar-refractivity contribution in [2.24, 2.45) is 0 Å². The molecule has 0 saturated carbocycles. The van der Waals surface area contributed by atoms with Crippen LogP contribution in [-0.4, -0.2) is 20.9 Å². The van der Waals surface area contributed by atoms with Crippen LogP contribution in [0.15, 0.2) is 108 Å². The number of rotatable bonds is 10. The van der Waals surface area contributed by atoms with Crippen LogP contribution >= 0.6 is 0 Å². The van der Waals surface area contributed by atoms with Gasteiger partial charge in [0.05, 0.1) is 10.5 Å². The molecule has 0 aromatic heterocycles. The Morgan fingerprint density at radius 2 is 1.38 bits per heavy atom. The lowest BCUT2D eigenvalue weighted by atomic mass is 10.2. The Labute approximate surface area is 223 Å². The second-order valence-corrected chi connectivity index (χ2v) is 9.97. The first-order chi connectivity index (χ1) is 18.6. The van der Waals surface area contributed by atoms with E-state index < -0.39 is 27.7 Å². The average molecular weight is 557 g/mol. The maximum atomic E-state index is 12.9. The molecule has 1 amide bonds. The van der Waals surface area contributed by atoms with Crippen molar-refractivity contribution in [1.82, 2.24) is 0 Å². The topological polar surface area (TPSA) is 93.7 Å². The first-order valence-corrected chi connectivity index (χ1v) is 13.1. The van der Waals surface area contributed by atoms with Crippen LogP contribution in [0.5, 0.6) is 11.5 Å². The zero-order valence-electron chi connectivity index (χ0n) is 20.3. The summed E-state index contributed by atoms with van der Waals surface area (Å²) in [6.45, 7) is 0.0859. The van der Waals surface area contributed by atoms with E-state index in [1.165, 1.54) is 30.3 Å². The van der Waals surface area contributed by atoms with Gasteiger partial charge in [0.2, 0.25) is 0 Å². The second-order valence-electron chi connectivity index (χ2n) is 8.29. The van der Waals surface area contributed by atoms with E-state index in [0.717, 1.165) is 17.7 Å². The molecule has 4 aromatic rings. The van der Waals surface area contributed by atoms with Crippen LogP contribution in [0.4, 0.5) is 24.5 Å². The predicted molar refractivity (Wildman–Crippen MR) is 140 cm³/mol. The van der Waals surface area contributed by atoms with Crippen molar-refractivity contribution in [3.05, 3.63) is 114 Å². The van der Waals surface area contributed by atoms with E-state index in [9.17, 15) is 26.4 Å². The lowest BCUT2D eigenvalue weighted by Gasteiger charge is -2.12. The number of benzene rings is 4. The number of hydrogen-bond donors (Lipinski definition) is 2. The molecule has 39 heavy (non-hydrogen) atoms. The number of hydrogen-bond acceptors (Lipinski definition) is 5. The van der Waals surface area contributed by atoms with E-state index in [4.69, 9.17) is 9.47 Å². The van der Waals surface area contributed by atoms with Crippen LogP contribution in [0.1, 0.15) is 11.1 Å². The van der Waals surface area contributed by atoms with Gasteiger partial charge in [-0.05, 0) is 72.3 Å². The molecule has 11 heteroatoms. The number of anilines is 2. The fraction of sp³-hybridized carbons (Fsp3) is 0.107. The molecule has 0 radical (unpaired) electrons. The molecular formula is C28H23F3N2O5S. The van der Waals surface area contributed by atoms with Crippen LogP contribution in [0, 0.1) is 0 Å². The molecule has 2 N–H and O–H groups in total. The Balaban J connectivity index is 1.27. The normalized spacial score (nSPS) is 11.5. The molecule has 4 rings (SSSR count). The lowest BCUT2D eigenvalue weighted by Crippen LogP contribution is -2.20. The highest BCUT2D eigenvalue weighted by molar-refractivity contribution is 7.92. The third-order valence-electron chi connectivity index (χ3n) is 5.33. The molecule has 0 unspecified atom stereocenters. The number of alkyl halides is 3. The average Bonchev–Trinajstić information content (AvgIpc) is 2.92. The molecule has 7 nitrogen and oxygen atoms in total. The second kappa shape index (κ2) is 11.9. The Hall–Kier alpha value is -4.51. The highest BCUT2D eigenvalue weighted by atomic mass is 32.2. The van der Waals surface area contributed by atoms with Gasteiger partial charge in [-0.2, -0.15) is 13.2 Å². The largest absolute Gasteiger partial charge is 0.489 e. The summed E-state index contributed by atoms with van der Waals surface area (Å²) in [6.07, 6.45) is -4.60. The quantitative estimate of drug-likeness (QED) is 0.246. The predicted octanol–water partition coefficient (Wildman–Crippen LogP) is 6.10. The summed E-state index contributed by atoms with van der Waals surface area (Å²) >= 11 is 0. The minimum absolute atomic E-state index is 0.189. The molecule has 0 aliphatic rings.